The lowest BCUT2D eigenvalue weighted by Crippen LogP contribution is -2.23. The molecule has 2 rings (SSSR count). The van der Waals surface area contributed by atoms with Crippen LogP contribution in [0.15, 0.2) is 30.3 Å². The van der Waals surface area contributed by atoms with E-state index < -0.39 is 0 Å². The van der Waals surface area contributed by atoms with Gasteiger partial charge >= 0.3 is 0 Å². The van der Waals surface area contributed by atoms with Gasteiger partial charge in [0, 0.05) is 40.3 Å². The Morgan fingerprint density at radius 2 is 1.91 bits per heavy atom. The molecule has 0 aliphatic carbocycles. The third-order valence-corrected chi connectivity index (χ3v) is 4.55. The third kappa shape index (κ3) is 4.66. The Bertz CT molecular complexity index is 706. The highest BCUT2D eigenvalue weighted by Crippen LogP contribution is 2.22. The van der Waals surface area contributed by atoms with Crippen molar-refractivity contribution in [3.8, 4) is 5.75 Å². The molecule has 5 heteroatoms. The van der Waals surface area contributed by atoms with Gasteiger partial charge in [-0.2, -0.15) is 0 Å². The maximum atomic E-state index is 12.2. The predicted octanol–water partition coefficient (Wildman–Crippen LogP) is 3.65. The van der Waals surface area contributed by atoms with Gasteiger partial charge in [0.1, 0.15) is 5.75 Å². The van der Waals surface area contributed by atoms with E-state index >= 15 is 0 Å². The van der Waals surface area contributed by atoms with Crippen LogP contribution >= 0.6 is 11.3 Å². The Balaban J connectivity index is 1.83. The normalized spacial score (nSPS) is 10.4. The lowest BCUT2D eigenvalue weighted by Gasteiger charge is -2.09. The average molecular weight is 331 g/mol. The van der Waals surface area contributed by atoms with Crippen molar-refractivity contribution in [1.29, 1.82) is 0 Å². The van der Waals surface area contributed by atoms with Crippen LogP contribution in [0.2, 0.25) is 0 Å². The molecule has 1 aromatic carbocycles. The molecule has 0 saturated heterocycles. The molecule has 0 aliphatic rings. The Morgan fingerprint density at radius 1 is 1.17 bits per heavy atom. The molecule has 122 valence electrons. The van der Waals surface area contributed by atoms with Crippen LogP contribution < -0.4 is 10.1 Å². The van der Waals surface area contributed by atoms with E-state index in [9.17, 15) is 9.59 Å². The number of Topliss-reactive ketones (excluding diaryl/α,β-unsaturated/α-hetero) is 1. The van der Waals surface area contributed by atoms with Crippen LogP contribution in [0.25, 0.3) is 0 Å². The van der Waals surface area contributed by atoms with Gasteiger partial charge in [0.05, 0.1) is 7.11 Å². The molecule has 0 radical (unpaired) electrons. The van der Waals surface area contributed by atoms with Crippen LogP contribution in [0.4, 0.5) is 0 Å². The zero-order valence-corrected chi connectivity index (χ0v) is 14.5. The highest BCUT2D eigenvalue weighted by molar-refractivity contribution is 7.12. The topological polar surface area (TPSA) is 55.4 Å². The van der Waals surface area contributed by atoms with Crippen LogP contribution in [0, 0.1) is 13.8 Å². The summed E-state index contributed by atoms with van der Waals surface area (Å²) in [5.41, 5.74) is 1.66. The molecule has 4 nitrogen and oxygen atoms in total. The Morgan fingerprint density at radius 3 is 2.57 bits per heavy atom. The number of aryl methyl sites for hydroxylation is 2. The molecule has 0 spiro atoms. The summed E-state index contributed by atoms with van der Waals surface area (Å²) in [4.78, 5) is 26.2. The van der Waals surface area contributed by atoms with E-state index in [1.807, 2.05) is 44.2 Å². The first-order chi connectivity index (χ1) is 11.0. The van der Waals surface area contributed by atoms with Crippen molar-refractivity contribution in [2.75, 3.05) is 7.11 Å². The van der Waals surface area contributed by atoms with Gasteiger partial charge in [-0.05, 0) is 26.0 Å². The number of thiophene rings is 1. The minimum absolute atomic E-state index is 0.0271. The van der Waals surface area contributed by atoms with Crippen molar-refractivity contribution < 1.29 is 14.3 Å². The van der Waals surface area contributed by atoms with Gasteiger partial charge in [0.15, 0.2) is 5.78 Å². The van der Waals surface area contributed by atoms with Gasteiger partial charge in [-0.15, -0.1) is 11.3 Å². The molecule has 0 bridgehead atoms. The number of amides is 1. The summed E-state index contributed by atoms with van der Waals surface area (Å²) in [5, 5.41) is 2.83. The van der Waals surface area contributed by atoms with E-state index in [0.29, 0.717) is 6.54 Å². The molecule has 0 unspecified atom stereocenters. The van der Waals surface area contributed by atoms with Crippen LogP contribution in [0.3, 0.4) is 0 Å². The van der Waals surface area contributed by atoms with E-state index in [-0.39, 0.29) is 24.5 Å². The minimum atomic E-state index is -0.131. The summed E-state index contributed by atoms with van der Waals surface area (Å²) in [6, 6.07) is 9.44. The number of rotatable bonds is 7. The van der Waals surface area contributed by atoms with Gasteiger partial charge < -0.3 is 10.1 Å². The smallest absolute Gasteiger partial charge is 0.220 e. The molecule has 0 saturated carbocycles. The number of hydrogen-bond donors (Lipinski definition) is 1. The fraction of sp³-hybridized carbons (Fsp3) is 0.333. The number of carbonyl (C=O) groups excluding carboxylic acids is 2. The average Bonchev–Trinajstić information content (AvgIpc) is 2.89. The summed E-state index contributed by atoms with van der Waals surface area (Å²) < 4.78 is 5.24. The van der Waals surface area contributed by atoms with Crippen molar-refractivity contribution in [2.45, 2.75) is 33.2 Å². The molecule has 1 N–H and O–H groups in total. The molecule has 0 aliphatic heterocycles. The number of nitrogens with one attached hydrogen (secondary N) is 1. The van der Waals surface area contributed by atoms with Crippen LogP contribution in [-0.2, 0) is 11.3 Å². The third-order valence-electron chi connectivity index (χ3n) is 3.59. The monoisotopic (exact) mass is 331 g/mol. The second kappa shape index (κ2) is 7.92. The summed E-state index contributed by atoms with van der Waals surface area (Å²) in [6.07, 6.45) is 0.428. The van der Waals surface area contributed by atoms with Crippen LogP contribution in [-0.4, -0.2) is 18.8 Å². The lowest BCUT2D eigenvalue weighted by atomic mass is 10.1. The first-order valence-corrected chi connectivity index (χ1v) is 8.31. The van der Waals surface area contributed by atoms with Crippen molar-refractivity contribution in [3.63, 3.8) is 0 Å². The molecular weight excluding hydrogens is 310 g/mol. The van der Waals surface area contributed by atoms with Gasteiger partial charge in [-0.1, -0.05) is 18.2 Å². The SMILES string of the molecule is COc1ccccc1CNC(=O)CCC(=O)c1cc(C)sc1C. The van der Waals surface area contributed by atoms with Crippen LogP contribution in [0.5, 0.6) is 5.75 Å². The first-order valence-electron chi connectivity index (χ1n) is 7.50. The zero-order valence-electron chi connectivity index (χ0n) is 13.6. The van der Waals surface area contributed by atoms with Gasteiger partial charge in [-0.25, -0.2) is 0 Å². The summed E-state index contributed by atoms with van der Waals surface area (Å²) in [5.74, 6) is 0.640. The number of ketones is 1. The van der Waals surface area contributed by atoms with E-state index in [0.717, 1.165) is 26.6 Å². The molecule has 0 fully saturated rings. The molecule has 1 amide bonds. The van der Waals surface area contributed by atoms with E-state index in [1.165, 1.54) is 0 Å². The number of hydrogen-bond acceptors (Lipinski definition) is 4. The van der Waals surface area contributed by atoms with E-state index in [2.05, 4.69) is 5.32 Å². The number of carbonyl (C=O) groups is 2. The highest BCUT2D eigenvalue weighted by atomic mass is 32.1. The summed E-state index contributed by atoms with van der Waals surface area (Å²) in [7, 11) is 1.60. The van der Waals surface area contributed by atoms with Crippen molar-refractivity contribution >= 4 is 23.0 Å². The maximum Gasteiger partial charge on any atom is 0.220 e. The van der Waals surface area contributed by atoms with Crippen molar-refractivity contribution in [2.24, 2.45) is 0 Å². The molecule has 1 heterocycles. The lowest BCUT2D eigenvalue weighted by molar-refractivity contribution is -0.121. The van der Waals surface area contributed by atoms with Crippen LogP contribution in [0.1, 0.15) is 38.5 Å². The molecule has 0 atom stereocenters. The quantitative estimate of drug-likeness (QED) is 0.788. The van der Waals surface area contributed by atoms with E-state index in [4.69, 9.17) is 4.74 Å². The largest absolute Gasteiger partial charge is 0.496 e. The second-order valence-electron chi connectivity index (χ2n) is 5.34. The fourth-order valence-corrected chi connectivity index (χ4v) is 3.34. The highest BCUT2D eigenvalue weighted by Gasteiger charge is 2.14. The Labute approximate surface area is 140 Å². The predicted molar refractivity (Wildman–Crippen MR) is 92.2 cm³/mol. The maximum absolute atomic E-state index is 12.2. The number of methoxy groups -OCH3 is 1. The molecule has 23 heavy (non-hydrogen) atoms. The minimum Gasteiger partial charge on any atom is -0.496 e. The number of para-hydroxylation sites is 1. The van der Waals surface area contributed by atoms with Gasteiger partial charge in [0.2, 0.25) is 5.91 Å². The van der Waals surface area contributed by atoms with Crippen molar-refractivity contribution in [1.82, 2.24) is 5.32 Å². The number of benzene rings is 1. The Kier molecular flexibility index (Phi) is 5.93. The molecule has 2 aromatic rings. The standard InChI is InChI=1S/C18H21NO3S/c1-12-10-15(13(2)23-12)16(20)8-9-18(21)19-11-14-6-4-5-7-17(14)22-3/h4-7,10H,8-9,11H2,1-3H3,(H,19,21). The molecular formula is C18H21NO3S. The van der Waals surface area contributed by atoms with Gasteiger partial charge in [0.25, 0.3) is 0 Å². The second-order valence-corrected chi connectivity index (χ2v) is 6.80. The molecule has 1 aromatic heterocycles. The summed E-state index contributed by atoms with van der Waals surface area (Å²) in [6.45, 7) is 4.31. The van der Waals surface area contributed by atoms with Crippen molar-refractivity contribution in [3.05, 3.63) is 51.2 Å². The zero-order chi connectivity index (χ0) is 16.8. The first kappa shape index (κ1) is 17.2. The van der Waals surface area contributed by atoms with Gasteiger partial charge in [-0.3, -0.25) is 9.59 Å². The van der Waals surface area contributed by atoms with E-state index in [1.54, 1.807) is 18.4 Å². The number of ether oxygens (including phenoxy) is 1. The Hall–Kier alpha value is -2.14. The summed E-state index contributed by atoms with van der Waals surface area (Å²) >= 11 is 1.61. The fourth-order valence-electron chi connectivity index (χ4n) is 2.40.